The van der Waals surface area contributed by atoms with Crippen LogP contribution in [0.4, 0.5) is 11.4 Å². The highest BCUT2D eigenvalue weighted by Crippen LogP contribution is 2.32. The van der Waals surface area contributed by atoms with Crippen LogP contribution in [0.1, 0.15) is 12.5 Å². The van der Waals surface area contributed by atoms with Gasteiger partial charge in [0.15, 0.2) is 5.84 Å². The molecule has 3 N–H and O–H groups in total. The van der Waals surface area contributed by atoms with Crippen molar-refractivity contribution in [1.82, 2.24) is 0 Å². The third kappa shape index (κ3) is 2.70. The number of benzene rings is 2. The lowest BCUT2D eigenvalue weighted by molar-refractivity contribution is 0.318. The molecular weight excluding hydrogens is 274 g/mol. The smallest absolute Gasteiger partial charge is 0.173 e. The van der Waals surface area contributed by atoms with Gasteiger partial charge in [-0.05, 0) is 31.2 Å². The van der Waals surface area contributed by atoms with Gasteiger partial charge in [-0.15, -0.1) is 0 Å². The van der Waals surface area contributed by atoms with E-state index in [1.54, 1.807) is 6.07 Å². The van der Waals surface area contributed by atoms with E-state index in [0.717, 1.165) is 17.9 Å². The minimum atomic E-state index is -0.0000175. The zero-order chi connectivity index (χ0) is 14.5. The summed E-state index contributed by atoms with van der Waals surface area (Å²) in [5, 5.41) is 12.5. The number of para-hydroxylation sites is 1. The zero-order valence-electron chi connectivity index (χ0n) is 11.1. The summed E-state index contributed by atoms with van der Waals surface area (Å²) in [6.45, 7) is 2.76. The molecule has 0 amide bonds. The van der Waals surface area contributed by atoms with Crippen LogP contribution in [0.3, 0.4) is 0 Å². The summed E-state index contributed by atoms with van der Waals surface area (Å²) in [6.07, 6.45) is 0. The molecule has 0 saturated carbocycles. The second-order valence-corrected chi connectivity index (χ2v) is 4.61. The predicted octanol–water partition coefficient (Wildman–Crippen LogP) is 3.59. The number of nitrogens with zero attached hydrogens (tertiary/aromatic N) is 2. The first-order chi connectivity index (χ1) is 9.69. The summed E-state index contributed by atoms with van der Waals surface area (Å²) in [5.41, 5.74) is 8.11. The van der Waals surface area contributed by atoms with E-state index in [0.29, 0.717) is 10.6 Å². The van der Waals surface area contributed by atoms with Gasteiger partial charge in [-0.3, -0.25) is 0 Å². The molecule has 0 aliphatic rings. The van der Waals surface area contributed by atoms with Crippen LogP contribution in [0, 0.1) is 0 Å². The molecule has 0 atom stereocenters. The molecule has 0 bridgehead atoms. The van der Waals surface area contributed by atoms with Crippen molar-refractivity contribution in [2.45, 2.75) is 6.92 Å². The summed E-state index contributed by atoms with van der Waals surface area (Å²) >= 11 is 6.19. The molecule has 0 aliphatic heterocycles. The van der Waals surface area contributed by atoms with E-state index in [9.17, 15) is 0 Å². The van der Waals surface area contributed by atoms with Gasteiger partial charge in [-0.25, -0.2) is 0 Å². The molecule has 0 aliphatic carbocycles. The molecule has 0 saturated heterocycles. The van der Waals surface area contributed by atoms with E-state index < -0.39 is 0 Å². The lowest BCUT2D eigenvalue weighted by Gasteiger charge is -2.26. The van der Waals surface area contributed by atoms with Gasteiger partial charge in [0.2, 0.25) is 0 Å². The quantitative estimate of drug-likeness (QED) is 0.391. The number of hydrogen-bond donors (Lipinski definition) is 2. The molecule has 20 heavy (non-hydrogen) atoms. The van der Waals surface area contributed by atoms with Crippen molar-refractivity contribution in [2.75, 3.05) is 11.4 Å². The summed E-state index contributed by atoms with van der Waals surface area (Å²) in [4.78, 5) is 2.05. The maximum Gasteiger partial charge on any atom is 0.173 e. The standard InChI is InChI=1S/C15H16ClN3O/c1-2-19(11-7-4-3-5-8-11)13-10-6-9-12(16)14(13)15(17)18-20/h3-10,20H,2H2,1H3,(H2,17,18). The van der Waals surface area contributed by atoms with Crippen molar-refractivity contribution in [3.8, 4) is 0 Å². The number of hydrogen-bond acceptors (Lipinski definition) is 3. The molecule has 2 rings (SSSR count). The van der Waals surface area contributed by atoms with Gasteiger partial charge in [-0.1, -0.05) is 41.0 Å². The van der Waals surface area contributed by atoms with Crippen molar-refractivity contribution in [3.05, 3.63) is 59.1 Å². The van der Waals surface area contributed by atoms with Gasteiger partial charge < -0.3 is 15.8 Å². The van der Waals surface area contributed by atoms with Gasteiger partial charge >= 0.3 is 0 Å². The highest BCUT2D eigenvalue weighted by atomic mass is 35.5. The van der Waals surface area contributed by atoms with Crippen molar-refractivity contribution in [2.24, 2.45) is 10.9 Å². The molecule has 5 heteroatoms. The van der Waals surface area contributed by atoms with Crippen LogP contribution >= 0.6 is 11.6 Å². The van der Waals surface area contributed by atoms with Crippen LogP contribution in [0.15, 0.2) is 53.7 Å². The molecule has 2 aromatic rings. The summed E-state index contributed by atoms with van der Waals surface area (Å²) in [5.74, 6) is -0.0000175. The number of halogens is 1. The van der Waals surface area contributed by atoms with Gasteiger partial charge in [0, 0.05) is 12.2 Å². The van der Waals surface area contributed by atoms with Crippen LogP contribution in [-0.4, -0.2) is 17.6 Å². The van der Waals surface area contributed by atoms with E-state index >= 15 is 0 Å². The summed E-state index contributed by atoms with van der Waals surface area (Å²) in [6, 6.07) is 15.3. The second kappa shape index (κ2) is 6.30. The number of oxime groups is 1. The minimum absolute atomic E-state index is 0.0000175. The van der Waals surface area contributed by atoms with Crippen LogP contribution in [0.25, 0.3) is 0 Å². The fourth-order valence-electron chi connectivity index (χ4n) is 2.14. The van der Waals surface area contributed by atoms with Crippen molar-refractivity contribution in [1.29, 1.82) is 0 Å². The highest BCUT2D eigenvalue weighted by molar-refractivity contribution is 6.35. The zero-order valence-corrected chi connectivity index (χ0v) is 11.9. The molecule has 0 heterocycles. The molecule has 0 unspecified atom stereocenters. The molecule has 4 nitrogen and oxygen atoms in total. The maximum atomic E-state index is 8.95. The minimum Gasteiger partial charge on any atom is -0.409 e. The average molecular weight is 290 g/mol. The third-order valence-corrected chi connectivity index (χ3v) is 3.35. The van der Waals surface area contributed by atoms with E-state index in [4.69, 9.17) is 22.5 Å². The first-order valence-corrected chi connectivity index (χ1v) is 6.65. The first-order valence-electron chi connectivity index (χ1n) is 6.28. The van der Waals surface area contributed by atoms with Gasteiger partial charge in [0.25, 0.3) is 0 Å². The number of amidine groups is 1. The average Bonchev–Trinajstić information content (AvgIpc) is 2.48. The molecule has 2 aromatic carbocycles. The van der Waals surface area contributed by atoms with Crippen molar-refractivity contribution < 1.29 is 5.21 Å². The van der Waals surface area contributed by atoms with Crippen molar-refractivity contribution in [3.63, 3.8) is 0 Å². The Morgan fingerprint density at radius 1 is 1.20 bits per heavy atom. The topological polar surface area (TPSA) is 61.8 Å². The Hall–Kier alpha value is -2.20. The van der Waals surface area contributed by atoms with Crippen LogP contribution in [-0.2, 0) is 0 Å². The third-order valence-electron chi connectivity index (χ3n) is 3.03. The number of nitrogens with two attached hydrogens (primary N) is 1. The Labute approximate surface area is 123 Å². The number of anilines is 2. The molecule has 104 valence electrons. The van der Waals surface area contributed by atoms with Crippen molar-refractivity contribution >= 4 is 28.8 Å². The Bertz CT molecular complexity index is 614. The Balaban J connectivity index is 2.59. The van der Waals surface area contributed by atoms with Gasteiger partial charge in [0.05, 0.1) is 16.3 Å². The molecule has 0 aromatic heterocycles. The predicted molar refractivity (Wildman–Crippen MR) is 83.1 cm³/mol. The fourth-order valence-corrected chi connectivity index (χ4v) is 2.41. The molecule has 0 radical (unpaired) electrons. The Morgan fingerprint density at radius 3 is 2.50 bits per heavy atom. The summed E-state index contributed by atoms with van der Waals surface area (Å²) in [7, 11) is 0. The van der Waals surface area contributed by atoms with Gasteiger partial charge in [-0.2, -0.15) is 0 Å². The molecular formula is C15H16ClN3O. The monoisotopic (exact) mass is 289 g/mol. The lowest BCUT2D eigenvalue weighted by Crippen LogP contribution is -2.22. The van der Waals surface area contributed by atoms with E-state index in [1.165, 1.54) is 0 Å². The maximum absolute atomic E-state index is 8.95. The van der Waals surface area contributed by atoms with Crippen LogP contribution in [0.5, 0.6) is 0 Å². The largest absolute Gasteiger partial charge is 0.409 e. The first kappa shape index (κ1) is 14.2. The second-order valence-electron chi connectivity index (χ2n) is 4.20. The fraction of sp³-hybridized carbons (Fsp3) is 0.133. The Kier molecular flexibility index (Phi) is 4.48. The summed E-state index contributed by atoms with van der Waals surface area (Å²) < 4.78 is 0. The van der Waals surface area contributed by atoms with E-state index in [2.05, 4.69) is 10.1 Å². The van der Waals surface area contributed by atoms with Gasteiger partial charge in [0.1, 0.15) is 0 Å². The Morgan fingerprint density at radius 2 is 1.90 bits per heavy atom. The molecule has 0 fully saturated rings. The molecule has 0 spiro atoms. The SMILES string of the molecule is CCN(c1ccccc1)c1cccc(Cl)c1C(N)=NO. The normalized spacial score (nSPS) is 11.4. The lowest BCUT2D eigenvalue weighted by atomic mass is 10.1. The van der Waals surface area contributed by atoms with Crippen LogP contribution < -0.4 is 10.6 Å². The van der Waals surface area contributed by atoms with Crippen LogP contribution in [0.2, 0.25) is 5.02 Å². The van der Waals surface area contributed by atoms with E-state index in [-0.39, 0.29) is 5.84 Å². The highest BCUT2D eigenvalue weighted by Gasteiger charge is 2.17. The van der Waals surface area contributed by atoms with E-state index in [1.807, 2.05) is 49.4 Å². The number of rotatable bonds is 4.